The molecule has 2 fully saturated rings. The van der Waals surface area contributed by atoms with E-state index in [0.29, 0.717) is 37.4 Å². The third kappa shape index (κ3) is 5.93. The summed E-state index contributed by atoms with van der Waals surface area (Å²) >= 11 is 0. The second kappa shape index (κ2) is 10.8. The van der Waals surface area contributed by atoms with Gasteiger partial charge in [-0.1, -0.05) is 31.5 Å². The smallest absolute Gasteiger partial charge is 0.321 e. The lowest BCUT2D eigenvalue weighted by Gasteiger charge is -2.37. The van der Waals surface area contributed by atoms with Gasteiger partial charge in [0.2, 0.25) is 5.91 Å². The summed E-state index contributed by atoms with van der Waals surface area (Å²) in [5, 5.41) is 5.88. The van der Waals surface area contributed by atoms with Gasteiger partial charge in [0, 0.05) is 62.2 Å². The predicted molar refractivity (Wildman–Crippen MR) is 139 cm³/mol. The molecule has 0 bridgehead atoms. The Bertz CT molecular complexity index is 1070. The molecule has 0 aliphatic carbocycles. The molecule has 0 aromatic heterocycles. The molecule has 2 aromatic rings. The zero-order chi connectivity index (χ0) is 24.9. The van der Waals surface area contributed by atoms with Gasteiger partial charge in [0.15, 0.2) is 0 Å². The maximum atomic E-state index is 13.4. The molecule has 4 rings (SSSR count). The first-order chi connectivity index (χ1) is 16.8. The lowest BCUT2D eigenvalue weighted by atomic mass is 10.1. The monoisotopic (exact) mass is 477 g/mol. The molecular formula is C27H35N5O3. The van der Waals surface area contributed by atoms with E-state index in [4.69, 9.17) is 0 Å². The van der Waals surface area contributed by atoms with Gasteiger partial charge in [0.25, 0.3) is 5.91 Å². The summed E-state index contributed by atoms with van der Waals surface area (Å²) in [6.45, 7) is 9.57. The topological polar surface area (TPSA) is 85.0 Å². The Balaban J connectivity index is 1.47. The van der Waals surface area contributed by atoms with Crippen LogP contribution in [0.25, 0.3) is 0 Å². The van der Waals surface area contributed by atoms with Crippen LogP contribution >= 0.6 is 0 Å². The molecule has 2 aliphatic rings. The van der Waals surface area contributed by atoms with Gasteiger partial charge in [-0.3, -0.25) is 9.59 Å². The largest absolute Gasteiger partial charge is 0.367 e. The molecule has 2 aromatic carbocycles. The van der Waals surface area contributed by atoms with Crippen LogP contribution in [0.2, 0.25) is 0 Å². The molecule has 0 spiro atoms. The lowest BCUT2D eigenvalue weighted by Crippen LogP contribution is -2.50. The highest BCUT2D eigenvalue weighted by Crippen LogP contribution is 2.28. The maximum Gasteiger partial charge on any atom is 0.321 e. The number of urea groups is 1. The summed E-state index contributed by atoms with van der Waals surface area (Å²) in [7, 11) is 0. The summed E-state index contributed by atoms with van der Waals surface area (Å²) in [4.78, 5) is 44.2. The van der Waals surface area contributed by atoms with E-state index in [1.165, 1.54) is 0 Å². The van der Waals surface area contributed by atoms with Crippen LogP contribution in [0.5, 0.6) is 0 Å². The van der Waals surface area contributed by atoms with Crippen LogP contribution in [0, 0.1) is 12.8 Å². The Morgan fingerprint density at radius 3 is 2.03 bits per heavy atom. The fourth-order valence-corrected chi connectivity index (χ4v) is 4.43. The molecule has 0 saturated carbocycles. The molecule has 0 atom stereocenters. The van der Waals surface area contributed by atoms with Crippen molar-refractivity contribution in [3.8, 4) is 0 Å². The van der Waals surface area contributed by atoms with Gasteiger partial charge in [-0.25, -0.2) is 4.79 Å². The average molecular weight is 478 g/mol. The zero-order valence-corrected chi connectivity index (χ0v) is 20.8. The van der Waals surface area contributed by atoms with Gasteiger partial charge in [-0.2, -0.15) is 0 Å². The number of nitrogens with zero attached hydrogens (tertiary/aromatic N) is 3. The van der Waals surface area contributed by atoms with Crippen molar-refractivity contribution in [2.24, 2.45) is 5.92 Å². The van der Waals surface area contributed by atoms with Crippen molar-refractivity contribution in [1.82, 2.24) is 9.80 Å². The highest BCUT2D eigenvalue weighted by Gasteiger charge is 2.27. The SMILES string of the molecule is Cc1ccc(NC(=O)N2CCN(c3ccc(NC(=O)C(C)C)cc3C(=O)N3CCCC3)CC2)cc1. The van der Waals surface area contributed by atoms with Crippen LogP contribution in [0.15, 0.2) is 42.5 Å². The maximum absolute atomic E-state index is 13.4. The minimum Gasteiger partial charge on any atom is -0.367 e. The molecule has 2 saturated heterocycles. The molecule has 2 N–H and O–H groups in total. The standard InChI is InChI=1S/C27H35N5O3/c1-19(2)25(33)28-22-10-11-24(23(18-22)26(34)31-12-4-5-13-31)30-14-16-32(17-15-30)27(35)29-21-8-6-20(3)7-9-21/h6-11,18-19H,4-5,12-17H2,1-3H3,(H,28,33)(H,29,35). The number of carbonyl (C=O) groups is 3. The molecular weight excluding hydrogens is 442 g/mol. The number of anilines is 3. The van der Waals surface area contributed by atoms with E-state index in [-0.39, 0.29) is 23.8 Å². The van der Waals surface area contributed by atoms with Crippen molar-refractivity contribution >= 4 is 34.9 Å². The number of carbonyl (C=O) groups excluding carboxylic acids is 3. The predicted octanol–water partition coefficient (Wildman–Crippen LogP) is 4.18. The van der Waals surface area contributed by atoms with Crippen LogP contribution in [-0.4, -0.2) is 66.9 Å². The summed E-state index contributed by atoms with van der Waals surface area (Å²) in [6, 6.07) is 13.2. The van der Waals surface area contributed by atoms with Crippen molar-refractivity contribution in [3.05, 3.63) is 53.6 Å². The molecule has 4 amide bonds. The van der Waals surface area contributed by atoms with Crippen molar-refractivity contribution in [3.63, 3.8) is 0 Å². The van der Waals surface area contributed by atoms with E-state index in [9.17, 15) is 14.4 Å². The molecule has 2 heterocycles. The second-order valence-electron chi connectivity index (χ2n) is 9.65. The first-order valence-corrected chi connectivity index (χ1v) is 12.4. The Hall–Kier alpha value is -3.55. The van der Waals surface area contributed by atoms with E-state index < -0.39 is 0 Å². The average Bonchev–Trinajstić information content (AvgIpc) is 3.40. The number of amides is 4. The van der Waals surface area contributed by atoms with Crippen molar-refractivity contribution in [1.29, 1.82) is 0 Å². The molecule has 8 nitrogen and oxygen atoms in total. The third-order valence-electron chi connectivity index (χ3n) is 6.62. The van der Waals surface area contributed by atoms with Gasteiger partial charge >= 0.3 is 6.03 Å². The quantitative estimate of drug-likeness (QED) is 0.677. The number of rotatable bonds is 5. The number of benzene rings is 2. The van der Waals surface area contributed by atoms with E-state index in [1.807, 2.05) is 62.1 Å². The molecule has 8 heteroatoms. The van der Waals surface area contributed by atoms with Crippen LogP contribution in [0.4, 0.5) is 21.9 Å². The third-order valence-corrected chi connectivity index (χ3v) is 6.62. The summed E-state index contributed by atoms with van der Waals surface area (Å²) in [5.41, 5.74) is 4.01. The lowest BCUT2D eigenvalue weighted by molar-refractivity contribution is -0.118. The summed E-state index contributed by atoms with van der Waals surface area (Å²) in [6.07, 6.45) is 2.03. The first-order valence-electron chi connectivity index (χ1n) is 12.4. The zero-order valence-electron chi connectivity index (χ0n) is 20.8. The van der Waals surface area contributed by atoms with Gasteiger partial charge < -0.3 is 25.3 Å². The summed E-state index contributed by atoms with van der Waals surface area (Å²) < 4.78 is 0. The van der Waals surface area contributed by atoms with E-state index in [2.05, 4.69) is 15.5 Å². The van der Waals surface area contributed by atoms with Crippen LogP contribution in [0.1, 0.15) is 42.6 Å². The van der Waals surface area contributed by atoms with Crippen molar-refractivity contribution in [2.45, 2.75) is 33.6 Å². The van der Waals surface area contributed by atoms with E-state index >= 15 is 0 Å². The van der Waals surface area contributed by atoms with Crippen molar-refractivity contribution < 1.29 is 14.4 Å². The van der Waals surface area contributed by atoms with E-state index in [0.717, 1.165) is 42.9 Å². The van der Waals surface area contributed by atoms with Crippen LogP contribution < -0.4 is 15.5 Å². The molecule has 35 heavy (non-hydrogen) atoms. The molecule has 186 valence electrons. The molecule has 0 unspecified atom stereocenters. The molecule has 0 radical (unpaired) electrons. The highest BCUT2D eigenvalue weighted by atomic mass is 16.2. The van der Waals surface area contributed by atoms with Crippen molar-refractivity contribution in [2.75, 3.05) is 54.8 Å². The fraction of sp³-hybridized carbons (Fsp3) is 0.444. The first kappa shape index (κ1) is 24.6. The number of hydrogen-bond acceptors (Lipinski definition) is 4. The Morgan fingerprint density at radius 1 is 0.771 bits per heavy atom. The number of likely N-dealkylation sites (tertiary alicyclic amines) is 1. The van der Waals surface area contributed by atoms with Crippen LogP contribution in [0.3, 0.4) is 0 Å². The number of nitrogens with one attached hydrogen (secondary N) is 2. The van der Waals surface area contributed by atoms with Gasteiger partial charge in [-0.05, 0) is 50.1 Å². The number of piperazine rings is 1. The minimum absolute atomic E-state index is 0.00214. The molecule has 2 aliphatic heterocycles. The van der Waals surface area contributed by atoms with Gasteiger partial charge in [0.05, 0.1) is 5.56 Å². The van der Waals surface area contributed by atoms with E-state index in [1.54, 1.807) is 11.0 Å². The normalized spacial score (nSPS) is 15.9. The number of aryl methyl sites for hydroxylation is 1. The Kier molecular flexibility index (Phi) is 7.58. The fourth-order valence-electron chi connectivity index (χ4n) is 4.43. The minimum atomic E-state index is -0.147. The highest BCUT2D eigenvalue weighted by molar-refractivity contribution is 6.02. The number of hydrogen-bond donors (Lipinski definition) is 2. The van der Waals surface area contributed by atoms with Crippen LogP contribution in [-0.2, 0) is 4.79 Å². The Morgan fingerprint density at radius 2 is 1.40 bits per heavy atom. The second-order valence-corrected chi connectivity index (χ2v) is 9.65. The Labute approximate surface area is 207 Å². The van der Waals surface area contributed by atoms with Gasteiger partial charge in [0.1, 0.15) is 0 Å². The summed E-state index contributed by atoms with van der Waals surface area (Å²) in [5.74, 6) is -0.227. The van der Waals surface area contributed by atoms with Gasteiger partial charge in [-0.15, -0.1) is 0 Å².